The molecule has 0 saturated heterocycles. The number of aryl methyl sites for hydroxylation is 1. The fourth-order valence-electron chi connectivity index (χ4n) is 4.37. The van der Waals surface area contributed by atoms with Crippen LogP contribution in [0.4, 0.5) is 8.78 Å². The highest BCUT2D eigenvalue weighted by Gasteiger charge is 2.32. The van der Waals surface area contributed by atoms with E-state index in [2.05, 4.69) is 9.97 Å². The molecule has 2 aromatic heterocycles. The van der Waals surface area contributed by atoms with Crippen LogP contribution in [-0.2, 0) is 25.9 Å². The molecule has 0 aliphatic heterocycles. The molecule has 1 N–H and O–H groups in total. The summed E-state index contributed by atoms with van der Waals surface area (Å²) < 4.78 is 67.2. The monoisotopic (exact) mass is 571 g/mol. The summed E-state index contributed by atoms with van der Waals surface area (Å²) in [4.78, 5) is 20.6. The van der Waals surface area contributed by atoms with Crippen molar-refractivity contribution in [2.75, 3.05) is 20.3 Å². The number of rotatable bonds is 10. The van der Waals surface area contributed by atoms with Crippen molar-refractivity contribution in [3.8, 4) is 17.0 Å². The van der Waals surface area contributed by atoms with Gasteiger partial charge in [0.05, 0.1) is 17.5 Å². The molecule has 0 aliphatic rings. The minimum absolute atomic E-state index is 0.00731. The number of halogens is 2. The first-order chi connectivity index (χ1) is 19.1. The van der Waals surface area contributed by atoms with Gasteiger partial charge in [0.15, 0.2) is 4.90 Å². The predicted octanol–water partition coefficient (Wildman–Crippen LogP) is 4.20. The zero-order valence-corrected chi connectivity index (χ0v) is 22.8. The number of hydrogen-bond donors (Lipinski definition) is 1. The summed E-state index contributed by atoms with van der Waals surface area (Å²) in [6, 6.07) is 9.05. The van der Waals surface area contributed by atoms with Crippen LogP contribution in [0.15, 0.2) is 75.5 Å². The third-order valence-corrected chi connectivity index (χ3v) is 8.02. The van der Waals surface area contributed by atoms with E-state index in [-0.39, 0.29) is 36.1 Å². The SMILES string of the molecule is CCOCc1nc(O)c(S(=O)(=O)c2ccc(-c3ccncc3C)cc2)c(=O)n1C(COC)c1cc(F)cc(F)c1. The van der Waals surface area contributed by atoms with Gasteiger partial charge >= 0.3 is 0 Å². The van der Waals surface area contributed by atoms with Crippen LogP contribution in [0.5, 0.6) is 5.88 Å². The normalized spacial score (nSPS) is 12.4. The molecule has 0 radical (unpaired) electrons. The lowest BCUT2D eigenvalue weighted by Crippen LogP contribution is -2.35. The molecule has 0 spiro atoms. The second kappa shape index (κ2) is 12.0. The maximum Gasteiger partial charge on any atom is 0.277 e. The van der Waals surface area contributed by atoms with Crippen LogP contribution in [0.2, 0.25) is 0 Å². The van der Waals surface area contributed by atoms with E-state index in [0.29, 0.717) is 6.07 Å². The van der Waals surface area contributed by atoms with Gasteiger partial charge in [-0.05, 0) is 66.4 Å². The summed E-state index contributed by atoms with van der Waals surface area (Å²) in [6.45, 7) is 3.20. The maximum atomic E-state index is 14.1. The first-order valence-electron chi connectivity index (χ1n) is 12.2. The Balaban J connectivity index is 1.90. The average molecular weight is 572 g/mol. The summed E-state index contributed by atoms with van der Waals surface area (Å²) in [7, 11) is -3.29. The molecule has 40 heavy (non-hydrogen) atoms. The van der Waals surface area contributed by atoms with Crippen molar-refractivity contribution in [3.63, 3.8) is 0 Å². The molecule has 2 aromatic carbocycles. The van der Waals surface area contributed by atoms with E-state index in [9.17, 15) is 27.1 Å². The van der Waals surface area contributed by atoms with Gasteiger partial charge in [0, 0.05) is 32.2 Å². The third kappa shape index (κ3) is 5.79. The molecule has 0 amide bonds. The zero-order valence-electron chi connectivity index (χ0n) is 22.0. The third-order valence-electron chi connectivity index (χ3n) is 6.23. The molecule has 210 valence electrons. The van der Waals surface area contributed by atoms with E-state index in [1.165, 1.54) is 19.2 Å². The number of ether oxygens (including phenoxy) is 2. The Morgan fingerprint density at radius 3 is 2.35 bits per heavy atom. The topological polar surface area (TPSA) is 121 Å². The van der Waals surface area contributed by atoms with E-state index in [1.807, 2.05) is 6.92 Å². The molecular weight excluding hydrogens is 544 g/mol. The lowest BCUT2D eigenvalue weighted by molar-refractivity contribution is 0.116. The first kappa shape index (κ1) is 29.0. The summed E-state index contributed by atoms with van der Waals surface area (Å²) in [5.74, 6) is -2.98. The molecule has 9 nitrogen and oxygen atoms in total. The summed E-state index contributed by atoms with van der Waals surface area (Å²) in [6.07, 6.45) is 3.29. The van der Waals surface area contributed by atoms with Gasteiger partial charge in [-0.3, -0.25) is 14.3 Å². The summed E-state index contributed by atoms with van der Waals surface area (Å²) in [5, 5.41) is 10.7. The highest BCUT2D eigenvalue weighted by atomic mass is 32.2. The van der Waals surface area contributed by atoms with Gasteiger partial charge in [0.2, 0.25) is 15.7 Å². The van der Waals surface area contributed by atoms with Gasteiger partial charge < -0.3 is 14.6 Å². The fraction of sp³-hybridized carbons (Fsp3) is 0.250. The molecule has 2 heterocycles. The van der Waals surface area contributed by atoms with Gasteiger partial charge in [-0.2, -0.15) is 4.98 Å². The molecule has 1 atom stereocenters. The van der Waals surface area contributed by atoms with Crippen molar-refractivity contribution in [2.24, 2.45) is 0 Å². The summed E-state index contributed by atoms with van der Waals surface area (Å²) >= 11 is 0. The van der Waals surface area contributed by atoms with Crippen LogP contribution in [0.1, 0.15) is 29.9 Å². The minimum atomic E-state index is -4.60. The predicted molar refractivity (Wildman–Crippen MR) is 142 cm³/mol. The van der Waals surface area contributed by atoms with E-state index < -0.39 is 43.8 Å². The van der Waals surface area contributed by atoms with Crippen LogP contribution >= 0.6 is 0 Å². The van der Waals surface area contributed by atoms with Crippen molar-refractivity contribution in [1.82, 2.24) is 14.5 Å². The van der Waals surface area contributed by atoms with Gasteiger partial charge in [-0.15, -0.1) is 0 Å². The Kier molecular flexibility index (Phi) is 8.72. The number of aromatic hydroxyl groups is 1. The van der Waals surface area contributed by atoms with Crippen LogP contribution in [-0.4, -0.2) is 48.4 Å². The second-order valence-electron chi connectivity index (χ2n) is 8.89. The van der Waals surface area contributed by atoms with E-state index in [1.54, 1.807) is 37.5 Å². The first-order valence-corrected chi connectivity index (χ1v) is 13.7. The lowest BCUT2D eigenvalue weighted by Gasteiger charge is -2.24. The Labute approximate surface area is 229 Å². The van der Waals surface area contributed by atoms with Crippen molar-refractivity contribution in [1.29, 1.82) is 0 Å². The fourth-order valence-corrected chi connectivity index (χ4v) is 5.72. The van der Waals surface area contributed by atoms with Crippen molar-refractivity contribution < 1.29 is 31.8 Å². The van der Waals surface area contributed by atoms with Crippen LogP contribution in [0, 0.1) is 18.6 Å². The molecule has 0 saturated carbocycles. The summed E-state index contributed by atoms with van der Waals surface area (Å²) in [5.41, 5.74) is 1.29. The smallest absolute Gasteiger partial charge is 0.277 e. The Morgan fingerprint density at radius 2 is 1.75 bits per heavy atom. The molecule has 12 heteroatoms. The van der Waals surface area contributed by atoms with Gasteiger partial charge in [-0.1, -0.05) is 12.1 Å². The quantitative estimate of drug-likeness (QED) is 0.301. The van der Waals surface area contributed by atoms with Crippen LogP contribution in [0.3, 0.4) is 0 Å². The number of pyridine rings is 1. The molecular formula is C28H27F2N3O6S. The number of benzene rings is 2. The van der Waals surface area contributed by atoms with Crippen molar-refractivity contribution >= 4 is 9.84 Å². The number of methoxy groups -OCH3 is 1. The minimum Gasteiger partial charge on any atom is -0.492 e. The highest BCUT2D eigenvalue weighted by molar-refractivity contribution is 7.91. The number of hydrogen-bond acceptors (Lipinski definition) is 8. The number of aromatic nitrogens is 3. The van der Waals surface area contributed by atoms with Gasteiger partial charge in [0.1, 0.15) is 24.1 Å². The highest BCUT2D eigenvalue weighted by Crippen LogP contribution is 2.30. The maximum absolute atomic E-state index is 14.1. The molecule has 4 rings (SSSR count). The molecule has 0 bridgehead atoms. The standard InChI is InChI=1S/C28H27F2N3O6S/c1-4-39-16-25-32-27(34)26(28(35)33(25)24(15-38-3)19-11-20(29)13-21(30)12-19)40(36,37)22-7-5-18(6-8-22)23-9-10-31-14-17(23)2/h5-14,24,34H,4,15-16H2,1-3H3. The number of nitrogens with zero attached hydrogens (tertiary/aromatic N) is 3. The molecule has 4 aromatic rings. The second-order valence-corrected chi connectivity index (χ2v) is 10.8. The molecule has 0 aliphatic carbocycles. The largest absolute Gasteiger partial charge is 0.492 e. The van der Waals surface area contributed by atoms with Crippen molar-refractivity contribution in [3.05, 3.63) is 99.9 Å². The Bertz CT molecular complexity index is 1670. The van der Waals surface area contributed by atoms with Crippen LogP contribution in [0.25, 0.3) is 11.1 Å². The van der Waals surface area contributed by atoms with Crippen molar-refractivity contribution in [2.45, 2.75) is 36.3 Å². The average Bonchev–Trinajstić information content (AvgIpc) is 2.90. The van der Waals surface area contributed by atoms with E-state index >= 15 is 0 Å². The lowest BCUT2D eigenvalue weighted by atomic mass is 10.0. The van der Waals surface area contributed by atoms with Gasteiger partial charge in [-0.25, -0.2) is 17.2 Å². The zero-order chi connectivity index (χ0) is 29.0. The van der Waals surface area contributed by atoms with E-state index in [4.69, 9.17) is 9.47 Å². The molecule has 1 unspecified atom stereocenters. The molecule has 0 fully saturated rings. The van der Waals surface area contributed by atoms with Crippen LogP contribution < -0.4 is 5.56 Å². The Hall–Kier alpha value is -4.00. The van der Waals surface area contributed by atoms with E-state index in [0.717, 1.165) is 33.4 Å². The van der Waals surface area contributed by atoms with Gasteiger partial charge in [0.25, 0.3) is 5.56 Å². The Morgan fingerprint density at radius 1 is 1.07 bits per heavy atom. The number of sulfone groups is 1.